The van der Waals surface area contributed by atoms with Crippen LogP contribution in [-0.2, 0) is 9.84 Å². The van der Waals surface area contributed by atoms with Crippen LogP contribution in [0.1, 0.15) is 17.5 Å². The van der Waals surface area contributed by atoms with E-state index in [4.69, 9.17) is 11.6 Å². The largest absolute Gasteiger partial charge is 0.224 e. The summed E-state index contributed by atoms with van der Waals surface area (Å²) >= 11 is 5.50. The Labute approximate surface area is 96.2 Å². The van der Waals surface area contributed by atoms with E-state index < -0.39 is 9.84 Å². The minimum atomic E-state index is -3.15. The Hall–Kier alpha value is -0.540. The van der Waals surface area contributed by atoms with Crippen LogP contribution in [-0.4, -0.2) is 20.1 Å². The van der Waals surface area contributed by atoms with Gasteiger partial charge in [-0.25, -0.2) is 8.42 Å². The first kappa shape index (κ1) is 12.5. The Bertz CT molecular complexity index is 438. The van der Waals surface area contributed by atoms with Crippen LogP contribution < -0.4 is 0 Å². The summed E-state index contributed by atoms with van der Waals surface area (Å²) in [6.45, 7) is 3.77. The molecular formula is C11H15ClO2S. The van der Waals surface area contributed by atoms with Gasteiger partial charge in [0, 0.05) is 5.88 Å². The normalized spacial score (nSPS) is 11.7. The molecule has 0 radical (unpaired) electrons. The van der Waals surface area contributed by atoms with E-state index in [-0.39, 0.29) is 5.75 Å². The molecule has 0 heterocycles. The third-order valence-electron chi connectivity index (χ3n) is 2.21. The van der Waals surface area contributed by atoms with E-state index in [0.29, 0.717) is 17.2 Å². The number of aryl methyl sites for hydroxylation is 2. The fraction of sp³-hybridized carbons (Fsp3) is 0.455. The first-order valence-corrected chi connectivity index (χ1v) is 7.02. The number of rotatable bonds is 4. The van der Waals surface area contributed by atoms with E-state index in [2.05, 4.69) is 0 Å². The molecule has 1 aromatic carbocycles. The summed E-state index contributed by atoms with van der Waals surface area (Å²) in [6.07, 6.45) is 0.497. The molecule has 0 aliphatic carbocycles. The lowest BCUT2D eigenvalue weighted by atomic mass is 10.2. The van der Waals surface area contributed by atoms with E-state index in [1.54, 1.807) is 6.07 Å². The van der Waals surface area contributed by atoms with Crippen LogP contribution in [0.3, 0.4) is 0 Å². The zero-order valence-corrected chi connectivity index (χ0v) is 10.5. The summed E-state index contributed by atoms with van der Waals surface area (Å²) < 4.78 is 23.7. The molecule has 1 aromatic rings. The van der Waals surface area contributed by atoms with Gasteiger partial charge in [0.05, 0.1) is 10.6 Å². The molecule has 15 heavy (non-hydrogen) atoms. The Balaban J connectivity index is 3.05. The fourth-order valence-electron chi connectivity index (χ4n) is 1.50. The molecule has 0 N–H and O–H groups in total. The highest BCUT2D eigenvalue weighted by Gasteiger charge is 2.15. The minimum Gasteiger partial charge on any atom is -0.224 e. The Morgan fingerprint density at radius 1 is 1.27 bits per heavy atom. The van der Waals surface area contributed by atoms with Crippen LogP contribution in [0.25, 0.3) is 0 Å². The van der Waals surface area contributed by atoms with Crippen LogP contribution in [0.2, 0.25) is 0 Å². The monoisotopic (exact) mass is 246 g/mol. The number of hydrogen-bond donors (Lipinski definition) is 0. The lowest BCUT2D eigenvalue weighted by molar-refractivity contribution is 0.594. The molecule has 0 unspecified atom stereocenters. The highest BCUT2D eigenvalue weighted by molar-refractivity contribution is 7.91. The van der Waals surface area contributed by atoms with Crippen molar-refractivity contribution in [3.8, 4) is 0 Å². The standard InChI is InChI=1S/C11H15ClO2S/c1-9-4-5-11(10(2)8-9)15(13,14)7-3-6-12/h4-5,8H,3,6-7H2,1-2H3. The second-order valence-corrected chi connectivity index (χ2v) is 6.09. The summed E-state index contributed by atoms with van der Waals surface area (Å²) in [5, 5.41) is 0. The smallest absolute Gasteiger partial charge is 0.178 e. The van der Waals surface area contributed by atoms with Gasteiger partial charge < -0.3 is 0 Å². The molecule has 0 atom stereocenters. The van der Waals surface area contributed by atoms with E-state index in [9.17, 15) is 8.42 Å². The fourth-order valence-corrected chi connectivity index (χ4v) is 3.36. The molecule has 1 rings (SSSR count). The zero-order valence-electron chi connectivity index (χ0n) is 8.96. The Kier molecular flexibility index (Phi) is 4.17. The molecule has 0 saturated heterocycles. The van der Waals surface area contributed by atoms with Crippen LogP contribution in [0.15, 0.2) is 23.1 Å². The van der Waals surface area contributed by atoms with Gasteiger partial charge in [0.25, 0.3) is 0 Å². The van der Waals surface area contributed by atoms with Crippen molar-refractivity contribution < 1.29 is 8.42 Å². The second kappa shape index (κ2) is 4.99. The molecule has 2 nitrogen and oxygen atoms in total. The van der Waals surface area contributed by atoms with Crippen LogP contribution in [0.5, 0.6) is 0 Å². The Morgan fingerprint density at radius 2 is 1.93 bits per heavy atom. The highest BCUT2D eigenvalue weighted by atomic mass is 35.5. The van der Waals surface area contributed by atoms with Gasteiger partial charge in [-0.2, -0.15) is 0 Å². The Morgan fingerprint density at radius 3 is 2.47 bits per heavy atom. The molecule has 0 aromatic heterocycles. The minimum absolute atomic E-state index is 0.125. The van der Waals surface area contributed by atoms with Gasteiger partial charge in [0.1, 0.15) is 0 Å². The van der Waals surface area contributed by atoms with Gasteiger partial charge >= 0.3 is 0 Å². The van der Waals surface area contributed by atoms with Crippen molar-refractivity contribution in [1.82, 2.24) is 0 Å². The van der Waals surface area contributed by atoms with Gasteiger partial charge in [0.15, 0.2) is 9.84 Å². The first-order valence-electron chi connectivity index (χ1n) is 4.83. The maximum atomic E-state index is 11.9. The summed E-state index contributed by atoms with van der Waals surface area (Å²) in [7, 11) is -3.15. The molecule has 4 heteroatoms. The summed E-state index contributed by atoms with van der Waals surface area (Å²) in [5.41, 5.74) is 1.88. The first-order chi connectivity index (χ1) is 6.97. The molecule has 0 aliphatic heterocycles. The van der Waals surface area contributed by atoms with Crippen LogP contribution in [0, 0.1) is 13.8 Å². The summed E-state index contributed by atoms with van der Waals surface area (Å²) in [4.78, 5) is 0.429. The molecule has 0 aliphatic rings. The average molecular weight is 247 g/mol. The maximum absolute atomic E-state index is 11.9. The number of benzene rings is 1. The quantitative estimate of drug-likeness (QED) is 0.766. The van der Waals surface area contributed by atoms with Crippen molar-refractivity contribution in [2.24, 2.45) is 0 Å². The molecule has 0 fully saturated rings. The van der Waals surface area contributed by atoms with Gasteiger partial charge in [-0.1, -0.05) is 17.7 Å². The van der Waals surface area contributed by atoms with Gasteiger partial charge in [-0.15, -0.1) is 11.6 Å². The third kappa shape index (κ3) is 3.21. The van der Waals surface area contributed by atoms with E-state index in [0.717, 1.165) is 11.1 Å². The molecule has 0 spiro atoms. The van der Waals surface area contributed by atoms with E-state index >= 15 is 0 Å². The van der Waals surface area contributed by atoms with Crippen LogP contribution in [0.4, 0.5) is 0 Å². The number of alkyl halides is 1. The van der Waals surface area contributed by atoms with E-state index in [1.807, 2.05) is 26.0 Å². The molecule has 0 amide bonds. The summed E-state index contributed by atoms with van der Waals surface area (Å²) in [5.74, 6) is 0.505. The van der Waals surface area contributed by atoms with Gasteiger partial charge in [-0.05, 0) is 31.9 Å². The molecular weight excluding hydrogens is 232 g/mol. The number of halogens is 1. The maximum Gasteiger partial charge on any atom is 0.178 e. The number of hydrogen-bond acceptors (Lipinski definition) is 2. The van der Waals surface area contributed by atoms with Crippen molar-refractivity contribution in [2.75, 3.05) is 11.6 Å². The molecule has 0 saturated carbocycles. The summed E-state index contributed by atoms with van der Waals surface area (Å²) in [6, 6.07) is 5.38. The molecule has 0 bridgehead atoms. The SMILES string of the molecule is Cc1ccc(S(=O)(=O)CCCCl)c(C)c1. The second-order valence-electron chi connectivity index (χ2n) is 3.63. The van der Waals surface area contributed by atoms with Crippen LogP contribution >= 0.6 is 11.6 Å². The molecule has 84 valence electrons. The third-order valence-corrected chi connectivity index (χ3v) is 4.43. The van der Waals surface area contributed by atoms with Crippen molar-refractivity contribution in [1.29, 1.82) is 0 Å². The van der Waals surface area contributed by atoms with Crippen molar-refractivity contribution in [3.05, 3.63) is 29.3 Å². The lowest BCUT2D eigenvalue weighted by Gasteiger charge is -2.07. The van der Waals surface area contributed by atoms with Gasteiger partial charge in [0.2, 0.25) is 0 Å². The lowest BCUT2D eigenvalue weighted by Crippen LogP contribution is -2.09. The predicted molar refractivity (Wildman–Crippen MR) is 63.3 cm³/mol. The number of sulfone groups is 1. The van der Waals surface area contributed by atoms with Crippen molar-refractivity contribution >= 4 is 21.4 Å². The average Bonchev–Trinajstić information content (AvgIpc) is 2.14. The van der Waals surface area contributed by atoms with E-state index in [1.165, 1.54) is 0 Å². The topological polar surface area (TPSA) is 34.1 Å². The highest BCUT2D eigenvalue weighted by Crippen LogP contribution is 2.18. The zero-order chi connectivity index (χ0) is 11.5. The van der Waals surface area contributed by atoms with Crippen molar-refractivity contribution in [3.63, 3.8) is 0 Å². The predicted octanol–water partition coefficient (Wildman–Crippen LogP) is 2.71. The van der Waals surface area contributed by atoms with Gasteiger partial charge in [-0.3, -0.25) is 0 Å². The van der Waals surface area contributed by atoms with Crippen molar-refractivity contribution in [2.45, 2.75) is 25.2 Å².